The molecule has 4 heteroatoms. The second kappa shape index (κ2) is 5.19. The van der Waals surface area contributed by atoms with Crippen molar-refractivity contribution in [3.8, 4) is 5.75 Å². The average Bonchev–Trinajstić information content (AvgIpc) is 2.67. The Kier molecular flexibility index (Phi) is 3.64. The lowest BCUT2D eigenvalue weighted by atomic mass is 10.1. The van der Waals surface area contributed by atoms with Crippen LogP contribution in [0.4, 0.5) is 0 Å². The molecule has 0 aromatic heterocycles. The molecule has 2 unspecified atom stereocenters. The molecule has 3 N–H and O–H groups in total. The summed E-state index contributed by atoms with van der Waals surface area (Å²) in [6.07, 6.45) is 1.46. The Morgan fingerprint density at radius 1 is 1.47 bits per heavy atom. The minimum Gasteiger partial charge on any atom is -0.508 e. The number of phenolic OH excluding ortho intramolecular Hbond substituents is 1. The summed E-state index contributed by atoms with van der Waals surface area (Å²) in [7, 11) is 0. The van der Waals surface area contributed by atoms with Crippen LogP contribution in [0.15, 0.2) is 24.3 Å². The standard InChI is InChI=1S/C13H18N2O2/c1-9(15-11-7-13(17)14-8-11)6-10-2-4-12(16)5-3-10/h2-5,9,11,15-16H,6-8H2,1H3,(H,14,17). The summed E-state index contributed by atoms with van der Waals surface area (Å²) in [5.74, 6) is 0.416. The van der Waals surface area contributed by atoms with Gasteiger partial charge in [-0.3, -0.25) is 4.79 Å². The van der Waals surface area contributed by atoms with Crippen molar-refractivity contribution in [3.63, 3.8) is 0 Å². The molecule has 1 aliphatic rings. The minimum atomic E-state index is 0.124. The van der Waals surface area contributed by atoms with Crippen molar-refractivity contribution in [1.29, 1.82) is 0 Å². The lowest BCUT2D eigenvalue weighted by molar-refractivity contribution is -0.119. The van der Waals surface area contributed by atoms with Crippen LogP contribution in [0.1, 0.15) is 18.9 Å². The van der Waals surface area contributed by atoms with Gasteiger partial charge in [-0.15, -0.1) is 0 Å². The third-order valence-electron chi connectivity index (χ3n) is 2.98. The molecular formula is C13H18N2O2. The number of nitrogens with one attached hydrogen (secondary N) is 2. The fourth-order valence-corrected chi connectivity index (χ4v) is 2.17. The molecule has 0 radical (unpaired) electrons. The molecule has 17 heavy (non-hydrogen) atoms. The smallest absolute Gasteiger partial charge is 0.221 e. The maximum Gasteiger partial charge on any atom is 0.221 e. The summed E-state index contributed by atoms with van der Waals surface area (Å²) in [6, 6.07) is 7.80. The minimum absolute atomic E-state index is 0.124. The van der Waals surface area contributed by atoms with Crippen LogP contribution in [0.5, 0.6) is 5.75 Å². The molecule has 1 amide bonds. The molecule has 92 valence electrons. The van der Waals surface area contributed by atoms with Gasteiger partial charge in [0.15, 0.2) is 0 Å². The number of carbonyl (C=O) groups excluding carboxylic acids is 1. The Bertz CT molecular complexity index is 389. The third kappa shape index (κ3) is 3.46. The molecule has 0 aliphatic carbocycles. The van der Waals surface area contributed by atoms with Crippen molar-refractivity contribution >= 4 is 5.91 Å². The van der Waals surface area contributed by atoms with E-state index in [0.717, 1.165) is 13.0 Å². The van der Waals surface area contributed by atoms with E-state index in [1.165, 1.54) is 5.56 Å². The van der Waals surface area contributed by atoms with E-state index in [9.17, 15) is 9.90 Å². The number of amides is 1. The van der Waals surface area contributed by atoms with Crippen LogP contribution in [0.2, 0.25) is 0 Å². The van der Waals surface area contributed by atoms with Crippen LogP contribution < -0.4 is 10.6 Å². The van der Waals surface area contributed by atoms with Crippen LogP contribution in [-0.4, -0.2) is 29.6 Å². The highest BCUT2D eigenvalue weighted by Crippen LogP contribution is 2.12. The van der Waals surface area contributed by atoms with Gasteiger partial charge in [0.2, 0.25) is 5.91 Å². The van der Waals surface area contributed by atoms with Gasteiger partial charge in [-0.25, -0.2) is 0 Å². The van der Waals surface area contributed by atoms with Gasteiger partial charge in [-0.05, 0) is 31.0 Å². The number of aromatic hydroxyl groups is 1. The summed E-state index contributed by atoms with van der Waals surface area (Å²) in [5.41, 5.74) is 1.18. The van der Waals surface area contributed by atoms with Crippen molar-refractivity contribution in [2.45, 2.75) is 31.8 Å². The van der Waals surface area contributed by atoms with Gasteiger partial charge in [0.25, 0.3) is 0 Å². The zero-order chi connectivity index (χ0) is 12.3. The van der Waals surface area contributed by atoms with Crippen LogP contribution >= 0.6 is 0 Å². The fraction of sp³-hybridized carbons (Fsp3) is 0.462. The molecule has 0 bridgehead atoms. The van der Waals surface area contributed by atoms with E-state index in [0.29, 0.717) is 18.2 Å². The van der Waals surface area contributed by atoms with Gasteiger partial charge in [-0.2, -0.15) is 0 Å². The second-order valence-electron chi connectivity index (χ2n) is 4.64. The maximum atomic E-state index is 11.1. The number of rotatable bonds is 4. The van der Waals surface area contributed by atoms with Crippen LogP contribution in [0, 0.1) is 0 Å². The first-order valence-electron chi connectivity index (χ1n) is 5.94. The van der Waals surface area contributed by atoms with Gasteiger partial charge in [0.1, 0.15) is 5.75 Å². The van der Waals surface area contributed by atoms with Crippen molar-refractivity contribution in [3.05, 3.63) is 29.8 Å². The van der Waals surface area contributed by atoms with Crippen molar-refractivity contribution in [2.75, 3.05) is 6.54 Å². The molecular weight excluding hydrogens is 216 g/mol. The molecule has 1 aromatic rings. The largest absolute Gasteiger partial charge is 0.508 e. The molecule has 1 aliphatic heterocycles. The lowest BCUT2D eigenvalue weighted by Crippen LogP contribution is -2.38. The van der Waals surface area contributed by atoms with E-state index in [2.05, 4.69) is 17.6 Å². The van der Waals surface area contributed by atoms with E-state index in [1.54, 1.807) is 12.1 Å². The molecule has 1 fully saturated rings. The maximum absolute atomic E-state index is 11.1. The normalized spacial score (nSPS) is 21.2. The van der Waals surface area contributed by atoms with Gasteiger partial charge < -0.3 is 15.7 Å². The fourth-order valence-electron chi connectivity index (χ4n) is 2.17. The number of hydrogen-bond acceptors (Lipinski definition) is 3. The Hall–Kier alpha value is -1.55. The van der Waals surface area contributed by atoms with Gasteiger partial charge >= 0.3 is 0 Å². The molecule has 2 atom stereocenters. The predicted molar refractivity (Wildman–Crippen MR) is 65.8 cm³/mol. The highest BCUT2D eigenvalue weighted by molar-refractivity contribution is 5.78. The topological polar surface area (TPSA) is 61.4 Å². The van der Waals surface area contributed by atoms with Gasteiger partial charge in [0, 0.05) is 25.0 Å². The monoisotopic (exact) mass is 234 g/mol. The molecule has 0 saturated carbocycles. The highest BCUT2D eigenvalue weighted by atomic mass is 16.3. The number of benzene rings is 1. The summed E-state index contributed by atoms with van der Waals surface area (Å²) < 4.78 is 0. The number of carbonyl (C=O) groups is 1. The summed E-state index contributed by atoms with van der Waals surface area (Å²) in [4.78, 5) is 11.1. The van der Waals surface area contributed by atoms with Crippen LogP contribution in [0.3, 0.4) is 0 Å². The average molecular weight is 234 g/mol. The quantitative estimate of drug-likeness (QED) is 0.722. The Balaban J connectivity index is 1.82. The molecule has 0 spiro atoms. The number of hydrogen-bond donors (Lipinski definition) is 3. The van der Waals surface area contributed by atoms with Crippen molar-refractivity contribution in [1.82, 2.24) is 10.6 Å². The van der Waals surface area contributed by atoms with E-state index in [4.69, 9.17) is 0 Å². The van der Waals surface area contributed by atoms with Crippen molar-refractivity contribution < 1.29 is 9.90 Å². The molecule has 4 nitrogen and oxygen atoms in total. The third-order valence-corrected chi connectivity index (χ3v) is 2.98. The van der Waals surface area contributed by atoms with E-state index in [-0.39, 0.29) is 11.9 Å². The van der Waals surface area contributed by atoms with Crippen molar-refractivity contribution in [2.24, 2.45) is 0 Å². The highest BCUT2D eigenvalue weighted by Gasteiger charge is 2.22. The Morgan fingerprint density at radius 3 is 2.76 bits per heavy atom. The van der Waals surface area contributed by atoms with Crippen LogP contribution in [-0.2, 0) is 11.2 Å². The Morgan fingerprint density at radius 2 is 2.18 bits per heavy atom. The van der Waals surface area contributed by atoms with Crippen LogP contribution in [0.25, 0.3) is 0 Å². The number of phenols is 1. The first-order valence-corrected chi connectivity index (χ1v) is 5.94. The summed E-state index contributed by atoms with van der Waals surface area (Å²) >= 11 is 0. The summed E-state index contributed by atoms with van der Waals surface area (Å²) in [6.45, 7) is 2.83. The van der Waals surface area contributed by atoms with Gasteiger partial charge in [-0.1, -0.05) is 12.1 Å². The van der Waals surface area contributed by atoms with Gasteiger partial charge in [0.05, 0.1) is 0 Å². The molecule has 1 heterocycles. The SMILES string of the molecule is CC(Cc1ccc(O)cc1)NC1CNC(=O)C1. The van der Waals surface area contributed by atoms with E-state index < -0.39 is 0 Å². The Labute approximate surface area is 101 Å². The first kappa shape index (κ1) is 11.9. The lowest BCUT2D eigenvalue weighted by Gasteiger charge is -2.18. The zero-order valence-electron chi connectivity index (χ0n) is 9.94. The second-order valence-corrected chi connectivity index (χ2v) is 4.64. The molecule has 2 rings (SSSR count). The van der Waals surface area contributed by atoms with E-state index in [1.807, 2.05) is 12.1 Å². The molecule has 1 aromatic carbocycles. The molecule has 1 saturated heterocycles. The first-order chi connectivity index (χ1) is 8.13. The summed E-state index contributed by atoms with van der Waals surface area (Å²) in [5, 5.41) is 15.4. The van der Waals surface area contributed by atoms with E-state index >= 15 is 0 Å². The zero-order valence-corrected chi connectivity index (χ0v) is 9.94. The predicted octanol–water partition coefficient (Wildman–Crippen LogP) is 0.801.